The first kappa shape index (κ1) is 11.9. The molecule has 6 nitrogen and oxygen atoms in total. The normalized spacial score (nSPS) is 20.6. The highest BCUT2D eigenvalue weighted by atomic mass is 16.2. The number of nitrogens with zero attached hydrogens (tertiary/aromatic N) is 3. The zero-order valence-electron chi connectivity index (χ0n) is 10.1. The Kier molecular flexibility index (Phi) is 3.63. The number of hydrogen-bond donors (Lipinski definition) is 2. The average Bonchev–Trinajstić information content (AvgIpc) is 2.94. The van der Waals surface area contributed by atoms with Crippen LogP contribution < -0.4 is 11.1 Å². The van der Waals surface area contributed by atoms with Gasteiger partial charge in [-0.15, -0.1) is 0 Å². The fourth-order valence-electron chi connectivity index (χ4n) is 2.29. The second kappa shape index (κ2) is 5.18. The summed E-state index contributed by atoms with van der Waals surface area (Å²) in [4.78, 5) is 13.8. The molecule has 0 aliphatic carbocycles. The van der Waals surface area contributed by atoms with Gasteiger partial charge in [0, 0.05) is 19.8 Å². The van der Waals surface area contributed by atoms with Crippen LogP contribution in [0.15, 0.2) is 12.3 Å². The lowest BCUT2D eigenvalue weighted by Crippen LogP contribution is -2.43. The second-order valence-electron chi connectivity index (χ2n) is 4.31. The SMILES string of the molecule is CNC(=O)C1CCCN1CCn1ccc(N)n1. The minimum Gasteiger partial charge on any atom is -0.382 e. The Morgan fingerprint density at radius 1 is 1.65 bits per heavy atom. The van der Waals surface area contributed by atoms with Gasteiger partial charge in [0.25, 0.3) is 0 Å². The fraction of sp³-hybridized carbons (Fsp3) is 0.636. The summed E-state index contributed by atoms with van der Waals surface area (Å²) in [6, 6.07) is 1.80. The molecule has 1 saturated heterocycles. The first-order valence-corrected chi connectivity index (χ1v) is 5.95. The number of aromatic nitrogens is 2. The molecule has 1 amide bonds. The number of rotatable bonds is 4. The number of nitrogens with two attached hydrogens (primary N) is 1. The standard InChI is InChI=1S/C11H19N5O/c1-13-11(17)9-3-2-5-15(9)7-8-16-6-4-10(12)14-16/h4,6,9H,2-3,5,7-8H2,1H3,(H2,12,14)(H,13,17). The van der Waals surface area contributed by atoms with E-state index >= 15 is 0 Å². The van der Waals surface area contributed by atoms with Gasteiger partial charge in [0.15, 0.2) is 0 Å². The van der Waals surface area contributed by atoms with Crippen molar-refractivity contribution in [2.45, 2.75) is 25.4 Å². The molecule has 1 unspecified atom stereocenters. The van der Waals surface area contributed by atoms with Crippen LogP contribution in [0.25, 0.3) is 0 Å². The highest BCUT2D eigenvalue weighted by Crippen LogP contribution is 2.16. The maximum Gasteiger partial charge on any atom is 0.237 e. The largest absolute Gasteiger partial charge is 0.382 e. The molecule has 1 aliphatic rings. The molecule has 1 fully saturated rings. The maximum absolute atomic E-state index is 11.6. The fourth-order valence-corrected chi connectivity index (χ4v) is 2.29. The number of hydrogen-bond acceptors (Lipinski definition) is 4. The molecule has 3 N–H and O–H groups in total. The summed E-state index contributed by atoms with van der Waals surface area (Å²) in [5.41, 5.74) is 5.55. The van der Waals surface area contributed by atoms with Crippen LogP contribution in [0, 0.1) is 0 Å². The molecule has 0 bridgehead atoms. The van der Waals surface area contributed by atoms with Gasteiger partial charge in [-0.3, -0.25) is 14.4 Å². The third kappa shape index (κ3) is 2.76. The molecule has 1 atom stereocenters. The van der Waals surface area contributed by atoms with Crippen molar-refractivity contribution >= 4 is 11.7 Å². The Labute approximate surface area is 101 Å². The summed E-state index contributed by atoms with van der Waals surface area (Å²) in [6.07, 6.45) is 3.89. The van der Waals surface area contributed by atoms with Crippen molar-refractivity contribution < 1.29 is 4.79 Å². The van der Waals surface area contributed by atoms with E-state index in [1.807, 2.05) is 10.9 Å². The van der Waals surface area contributed by atoms with Gasteiger partial charge in [0.2, 0.25) is 5.91 Å². The highest BCUT2D eigenvalue weighted by molar-refractivity contribution is 5.81. The molecule has 1 aromatic heterocycles. The van der Waals surface area contributed by atoms with Gasteiger partial charge in [0.1, 0.15) is 5.82 Å². The van der Waals surface area contributed by atoms with Crippen LogP contribution in [0.5, 0.6) is 0 Å². The van der Waals surface area contributed by atoms with Crippen molar-refractivity contribution in [3.05, 3.63) is 12.3 Å². The summed E-state index contributed by atoms with van der Waals surface area (Å²) in [5.74, 6) is 0.650. The summed E-state index contributed by atoms with van der Waals surface area (Å²) >= 11 is 0. The Morgan fingerprint density at radius 2 is 2.47 bits per heavy atom. The number of carbonyl (C=O) groups is 1. The van der Waals surface area contributed by atoms with Crippen molar-refractivity contribution in [1.29, 1.82) is 0 Å². The Hall–Kier alpha value is -1.56. The van der Waals surface area contributed by atoms with E-state index in [1.165, 1.54) is 0 Å². The smallest absolute Gasteiger partial charge is 0.237 e. The van der Waals surface area contributed by atoms with Gasteiger partial charge >= 0.3 is 0 Å². The quantitative estimate of drug-likeness (QED) is 0.752. The van der Waals surface area contributed by atoms with Gasteiger partial charge < -0.3 is 11.1 Å². The van der Waals surface area contributed by atoms with E-state index < -0.39 is 0 Å². The molecule has 0 aromatic carbocycles. The molecular formula is C11H19N5O. The zero-order chi connectivity index (χ0) is 12.3. The van der Waals surface area contributed by atoms with Crippen LogP contribution in [0.3, 0.4) is 0 Å². The lowest BCUT2D eigenvalue weighted by atomic mass is 10.2. The van der Waals surface area contributed by atoms with E-state index in [2.05, 4.69) is 15.3 Å². The molecule has 94 valence electrons. The van der Waals surface area contributed by atoms with E-state index in [4.69, 9.17) is 5.73 Å². The van der Waals surface area contributed by atoms with Crippen molar-refractivity contribution in [2.24, 2.45) is 0 Å². The summed E-state index contributed by atoms with van der Waals surface area (Å²) in [5, 5.41) is 6.85. The summed E-state index contributed by atoms with van der Waals surface area (Å²) in [6.45, 7) is 2.58. The molecule has 0 saturated carbocycles. The molecule has 2 heterocycles. The molecular weight excluding hydrogens is 218 g/mol. The predicted molar refractivity (Wildman–Crippen MR) is 65.3 cm³/mol. The molecule has 1 aromatic rings. The third-order valence-electron chi connectivity index (χ3n) is 3.19. The predicted octanol–water partition coefficient (Wildman–Crippen LogP) is -0.324. The van der Waals surface area contributed by atoms with Crippen molar-refractivity contribution in [3.63, 3.8) is 0 Å². The lowest BCUT2D eigenvalue weighted by molar-refractivity contribution is -0.125. The number of likely N-dealkylation sites (tertiary alicyclic amines) is 1. The van der Waals surface area contributed by atoms with E-state index in [9.17, 15) is 4.79 Å². The van der Waals surface area contributed by atoms with Crippen molar-refractivity contribution in [2.75, 3.05) is 25.9 Å². The number of carbonyl (C=O) groups excluding carboxylic acids is 1. The first-order valence-electron chi connectivity index (χ1n) is 5.95. The van der Waals surface area contributed by atoms with Gasteiger partial charge in [-0.05, 0) is 25.5 Å². The Morgan fingerprint density at radius 3 is 3.12 bits per heavy atom. The Balaban J connectivity index is 1.88. The van der Waals surface area contributed by atoms with Crippen LogP contribution in [-0.2, 0) is 11.3 Å². The molecule has 0 radical (unpaired) electrons. The van der Waals surface area contributed by atoms with Crippen LogP contribution >= 0.6 is 0 Å². The number of amides is 1. The molecule has 17 heavy (non-hydrogen) atoms. The zero-order valence-corrected chi connectivity index (χ0v) is 10.1. The van der Waals surface area contributed by atoms with E-state index in [0.29, 0.717) is 5.82 Å². The van der Waals surface area contributed by atoms with Crippen LogP contribution in [0.4, 0.5) is 5.82 Å². The van der Waals surface area contributed by atoms with E-state index in [1.54, 1.807) is 13.1 Å². The number of nitrogens with one attached hydrogen (secondary N) is 1. The summed E-state index contributed by atoms with van der Waals surface area (Å²) in [7, 11) is 1.69. The molecule has 2 rings (SSSR count). The lowest BCUT2D eigenvalue weighted by Gasteiger charge is -2.22. The third-order valence-corrected chi connectivity index (χ3v) is 3.19. The highest BCUT2D eigenvalue weighted by Gasteiger charge is 2.29. The van der Waals surface area contributed by atoms with Crippen LogP contribution in [-0.4, -0.2) is 46.8 Å². The number of nitrogen functional groups attached to an aromatic ring is 1. The van der Waals surface area contributed by atoms with Crippen LogP contribution in [0.1, 0.15) is 12.8 Å². The van der Waals surface area contributed by atoms with Gasteiger partial charge in [0.05, 0.1) is 12.6 Å². The van der Waals surface area contributed by atoms with Crippen molar-refractivity contribution in [3.8, 4) is 0 Å². The monoisotopic (exact) mass is 237 g/mol. The second-order valence-corrected chi connectivity index (χ2v) is 4.31. The minimum absolute atomic E-state index is 0.0212. The molecule has 6 heteroatoms. The molecule has 0 spiro atoms. The van der Waals surface area contributed by atoms with E-state index in [-0.39, 0.29) is 11.9 Å². The molecule has 1 aliphatic heterocycles. The maximum atomic E-state index is 11.6. The van der Waals surface area contributed by atoms with Gasteiger partial charge in [-0.25, -0.2) is 0 Å². The minimum atomic E-state index is 0.0212. The topological polar surface area (TPSA) is 76.2 Å². The summed E-state index contributed by atoms with van der Waals surface area (Å²) < 4.78 is 1.81. The number of likely N-dealkylation sites (N-methyl/N-ethyl adjacent to an activating group) is 1. The first-order chi connectivity index (χ1) is 8.20. The van der Waals surface area contributed by atoms with Crippen molar-refractivity contribution in [1.82, 2.24) is 20.0 Å². The van der Waals surface area contributed by atoms with Gasteiger partial charge in [-0.1, -0.05) is 0 Å². The average molecular weight is 237 g/mol. The Bertz CT molecular complexity index is 389. The van der Waals surface area contributed by atoms with E-state index in [0.717, 1.165) is 32.5 Å². The number of anilines is 1. The van der Waals surface area contributed by atoms with Gasteiger partial charge in [-0.2, -0.15) is 5.10 Å². The van der Waals surface area contributed by atoms with Crippen LogP contribution in [0.2, 0.25) is 0 Å².